The number of rotatable bonds is 1. The van der Waals surface area contributed by atoms with Crippen LogP contribution in [0.3, 0.4) is 0 Å². The van der Waals surface area contributed by atoms with Crippen LogP contribution in [0.15, 0.2) is 24.3 Å². The predicted molar refractivity (Wildman–Crippen MR) is 55.2 cm³/mol. The molecule has 0 aliphatic rings. The van der Waals surface area contributed by atoms with Crippen LogP contribution in [0, 0.1) is 0 Å². The van der Waals surface area contributed by atoms with E-state index in [9.17, 15) is 0 Å². The van der Waals surface area contributed by atoms with Crippen molar-refractivity contribution in [2.24, 2.45) is 0 Å². The lowest BCUT2D eigenvalue weighted by Crippen LogP contribution is -2.25. The topological polar surface area (TPSA) is 0 Å². The van der Waals surface area contributed by atoms with Gasteiger partial charge in [-0.15, -0.1) is 0 Å². The molecule has 0 fully saturated rings. The molecule has 64 valence electrons. The van der Waals surface area contributed by atoms with Gasteiger partial charge in [-0.25, -0.2) is 0 Å². The molecule has 0 amide bonds. The monoisotopic (exact) mass is 160 g/mol. The van der Waals surface area contributed by atoms with Crippen LogP contribution >= 0.6 is 0 Å². The summed E-state index contributed by atoms with van der Waals surface area (Å²) in [5.41, 5.74) is 1.46. The minimum atomic E-state index is 1.13. The van der Waals surface area contributed by atoms with Gasteiger partial charge in [0.05, 0.1) is 0 Å². The second kappa shape index (κ2) is 4.10. The average Bonchev–Trinajstić information content (AvgIpc) is 2.16. The largest absolute Gasteiger partial charge is 0.0798 e. The van der Waals surface area contributed by atoms with Crippen molar-refractivity contribution in [2.75, 3.05) is 0 Å². The molecule has 0 bridgehead atoms. The van der Waals surface area contributed by atoms with E-state index in [0.717, 1.165) is 6.42 Å². The molecule has 0 saturated heterocycles. The van der Waals surface area contributed by atoms with Gasteiger partial charge in [0.1, 0.15) is 0 Å². The fraction of sp³-hybridized carbons (Fsp3) is 0.333. The number of benzene rings is 1. The first-order valence-corrected chi connectivity index (χ1v) is 4.50. The van der Waals surface area contributed by atoms with Crippen molar-refractivity contribution in [1.82, 2.24) is 0 Å². The van der Waals surface area contributed by atoms with E-state index in [1.807, 2.05) is 0 Å². The SMILES string of the molecule is C/C=c1/cccc/c1=C(\C)CC. The second-order valence-corrected chi connectivity index (χ2v) is 3.01. The number of hydrogen-bond donors (Lipinski definition) is 0. The molecule has 0 saturated carbocycles. The Bertz CT molecular complexity index is 358. The summed E-state index contributed by atoms with van der Waals surface area (Å²) in [4.78, 5) is 0. The number of hydrogen-bond acceptors (Lipinski definition) is 0. The maximum atomic E-state index is 2.20. The first-order valence-electron chi connectivity index (χ1n) is 4.50. The van der Waals surface area contributed by atoms with Crippen LogP contribution in [-0.4, -0.2) is 0 Å². The molecule has 1 aromatic rings. The summed E-state index contributed by atoms with van der Waals surface area (Å²) in [7, 11) is 0. The average molecular weight is 160 g/mol. The van der Waals surface area contributed by atoms with Gasteiger partial charge in [0.2, 0.25) is 0 Å². The van der Waals surface area contributed by atoms with E-state index in [0.29, 0.717) is 0 Å². The van der Waals surface area contributed by atoms with Crippen LogP contribution in [0.25, 0.3) is 11.6 Å². The second-order valence-electron chi connectivity index (χ2n) is 3.01. The van der Waals surface area contributed by atoms with E-state index >= 15 is 0 Å². The molecule has 12 heavy (non-hydrogen) atoms. The van der Waals surface area contributed by atoms with E-state index in [2.05, 4.69) is 51.1 Å². The maximum absolute atomic E-state index is 2.20. The van der Waals surface area contributed by atoms with Gasteiger partial charge in [0.25, 0.3) is 0 Å². The molecule has 0 spiro atoms. The summed E-state index contributed by atoms with van der Waals surface area (Å²) in [6, 6.07) is 8.53. The van der Waals surface area contributed by atoms with Crippen molar-refractivity contribution in [3.8, 4) is 0 Å². The smallest absolute Gasteiger partial charge is 0.0198 e. The van der Waals surface area contributed by atoms with E-state index in [1.54, 1.807) is 0 Å². The zero-order valence-corrected chi connectivity index (χ0v) is 8.09. The van der Waals surface area contributed by atoms with Crippen molar-refractivity contribution >= 4 is 11.6 Å². The summed E-state index contributed by atoms with van der Waals surface area (Å²) in [5.74, 6) is 0. The standard InChI is InChI=1S/C12H16/c1-4-10(3)12-9-7-6-8-11(12)5-2/h5-9H,4H2,1-3H3/b11-5-,12-10-. The summed E-state index contributed by atoms with van der Waals surface area (Å²) in [6.07, 6.45) is 3.29. The quantitative estimate of drug-likeness (QED) is 0.590. The molecule has 0 N–H and O–H groups in total. The molecule has 0 aliphatic heterocycles. The van der Waals surface area contributed by atoms with E-state index in [4.69, 9.17) is 0 Å². The summed E-state index contributed by atoms with van der Waals surface area (Å²) in [5, 5.41) is 2.74. The van der Waals surface area contributed by atoms with Crippen molar-refractivity contribution in [2.45, 2.75) is 27.2 Å². The highest BCUT2D eigenvalue weighted by molar-refractivity contribution is 5.43. The normalized spacial score (nSPS) is 14.8. The van der Waals surface area contributed by atoms with Gasteiger partial charge >= 0.3 is 0 Å². The van der Waals surface area contributed by atoms with Gasteiger partial charge in [-0.2, -0.15) is 0 Å². The first-order chi connectivity index (χ1) is 5.79. The van der Waals surface area contributed by atoms with E-state index < -0.39 is 0 Å². The summed E-state index contributed by atoms with van der Waals surface area (Å²) in [6.45, 7) is 6.48. The zero-order chi connectivity index (χ0) is 8.97. The highest BCUT2D eigenvalue weighted by Gasteiger charge is 1.87. The van der Waals surface area contributed by atoms with Gasteiger partial charge in [-0.05, 0) is 30.7 Å². The summed E-state index contributed by atoms with van der Waals surface area (Å²) < 4.78 is 0. The molecule has 0 atom stereocenters. The van der Waals surface area contributed by atoms with Crippen LogP contribution in [0.2, 0.25) is 0 Å². The Hall–Kier alpha value is -1.04. The van der Waals surface area contributed by atoms with Crippen LogP contribution < -0.4 is 10.4 Å². The maximum Gasteiger partial charge on any atom is -0.0198 e. The Morgan fingerprint density at radius 2 is 2.00 bits per heavy atom. The van der Waals surface area contributed by atoms with Crippen LogP contribution in [0.4, 0.5) is 0 Å². The fourth-order valence-electron chi connectivity index (χ4n) is 1.33. The highest BCUT2D eigenvalue weighted by Crippen LogP contribution is 1.93. The minimum absolute atomic E-state index is 1.13. The van der Waals surface area contributed by atoms with E-state index in [-0.39, 0.29) is 0 Å². The van der Waals surface area contributed by atoms with Gasteiger partial charge in [-0.3, -0.25) is 0 Å². The molecule has 0 aromatic heterocycles. The molecule has 0 heteroatoms. The van der Waals surface area contributed by atoms with Gasteiger partial charge in [-0.1, -0.05) is 42.8 Å². The molecular formula is C12H16. The Morgan fingerprint density at radius 3 is 2.58 bits per heavy atom. The Kier molecular flexibility index (Phi) is 3.09. The molecule has 0 radical (unpaired) electrons. The van der Waals surface area contributed by atoms with Crippen molar-refractivity contribution in [3.63, 3.8) is 0 Å². The Labute approximate surface area is 74.2 Å². The lowest BCUT2D eigenvalue weighted by molar-refractivity contribution is 1.20. The molecule has 1 rings (SSSR count). The van der Waals surface area contributed by atoms with Gasteiger partial charge in [0.15, 0.2) is 0 Å². The third-order valence-corrected chi connectivity index (χ3v) is 2.26. The van der Waals surface area contributed by atoms with Gasteiger partial charge in [0, 0.05) is 0 Å². The van der Waals surface area contributed by atoms with Crippen LogP contribution in [0.1, 0.15) is 27.2 Å². The highest BCUT2D eigenvalue weighted by atomic mass is 13.9. The zero-order valence-electron chi connectivity index (χ0n) is 8.09. The molecular weight excluding hydrogens is 144 g/mol. The molecule has 0 aliphatic carbocycles. The predicted octanol–water partition coefficient (Wildman–Crippen LogP) is 2.07. The third kappa shape index (κ3) is 1.76. The van der Waals surface area contributed by atoms with Crippen LogP contribution in [-0.2, 0) is 0 Å². The Morgan fingerprint density at radius 1 is 1.33 bits per heavy atom. The Balaban J connectivity index is 3.54. The molecule has 1 aromatic carbocycles. The lowest BCUT2D eigenvalue weighted by atomic mass is 10.1. The lowest BCUT2D eigenvalue weighted by Gasteiger charge is -1.95. The van der Waals surface area contributed by atoms with E-state index in [1.165, 1.54) is 16.0 Å². The molecule has 0 unspecified atom stereocenters. The van der Waals surface area contributed by atoms with Crippen molar-refractivity contribution in [3.05, 3.63) is 34.7 Å². The summed E-state index contributed by atoms with van der Waals surface area (Å²) >= 11 is 0. The van der Waals surface area contributed by atoms with Gasteiger partial charge < -0.3 is 0 Å². The van der Waals surface area contributed by atoms with Crippen molar-refractivity contribution in [1.29, 1.82) is 0 Å². The fourth-order valence-corrected chi connectivity index (χ4v) is 1.33. The van der Waals surface area contributed by atoms with Crippen molar-refractivity contribution < 1.29 is 0 Å². The minimum Gasteiger partial charge on any atom is -0.0798 e. The first kappa shape index (κ1) is 9.05. The molecule has 0 heterocycles. The molecule has 0 nitrogen and oxygen atoms in total. The van der Waals surface area contributed by atoms with Crippen LogP contribution in [0.5, 0.6) is 0 Å². The third-order valence-electron chi connectivity index (χ3n) is 2.26.